The third-order valence-corrected chi connectivity index (χ3v) is 2.99. The summed E-state index contributed by atoms with van der Waals surface area (Å²) in [7, 11) is 1.41. The molecule has 106 valence electrons. The molecular formula is C12H17NO5S. The molecule has 0 saturated heterocycles. The maximum atomic E-state index is 11.4. The Balaban J connectivity index is 2.66. The Morgan fingerprint density at radius 1 is 1.42 bits per heavy atom. The van der Waals surface area contributed by atoms with E-state index in [1.807, 2.05) is 0 Å². The Morgan fingerprint density at radius 3 is 2.58 bits per heavy atom. The van der Waals surface area contributed by atoms with E-state index in [1.165, 1.54) is 7.11 Å². The molecule has 0 aromatic heterocycles. The Hall–Kier alpha value is -1.12. The van der Waals surface area contributed by atoms with Crippen molar-refractivity contribution < 1.29 is 23.9 Å². The molecule has 6 nitrogen and oxygen atoms in total. The summed E-state index contributed by atoms with van der Waals surface area (Å²) < 4.78 is 9.45. The zero-order chi connectivity index (χ0) is 14.3. The minimum absolute atomic E-state index is 0.225. The number of nitrogens with two attached hydrogens (primary N) is 1. The zero-order valence-corrected chi connectivity index (χ0v) is 11.6. The largest absolute Gasteiger partial charge is 0.465 e. The normalized spacial score (nSPS) is 13.9. The molecule has 1 rings (SSSR count). The molecule has 0 spiro atoms. The Labute approximate surface area is 116 Å². The lowest BCUT2D eigenvalue weighted by Gasteiger charge is -2.17. The van der Waals surface area contributed by atoms with Gasteiger partial charge in [0.15, 0.2) is 0 Å². The maximum Gasteiger partial charge on any atom is 0.325 e. The number of hydrogen-bond acceptors (Lipinski definition) is 7. The van der Waals surface area contributed by atoms with Crippen LogP contribution in [-0.4, -0.2) is 30.8 Å². The molecule has 0 radical (unpaired) electrons. The van der Waals surface area contributed by atoms with Gasteiger partial charge in [0, 0.05) is 4.90 Å². The third kappa shape index (κ3) is 4.81. The van der Waals surface area contributed by atoms with E-state index in [0.717, 1.165) is 16.9 Å². The summed E-state index contributed by atoms with van der Waals surface area (Å²) in [5, 5.41) is 9.96. The molecule has 2 atom stereocenters. The van der Waals surface area contributed by atoms with Gasteiger partial charge in [-0.2, -0.15) is 4.33 Å². The lowest BCUT2D eigenvalue weighted by atomic mass is 10.0. The van der Waals surface area contributed by atoms with Crippen LogP contribution in [0.15, 0.2) is 29.2 Å². The zero-order valence-electron chi connectivity index (χ0n) is 10.7. The summed E-state index contributed by atoms with van der Waals surface area (Å²) in [5.41, 5.74) is 6.15. The Kier molecular flexibility index (Phi) is 6.82. The molecule has 7 heteroatoms. The number of aliphatic hydroxyl groups is 1. The van der Waals surface area contributed by atoms with E-state index in [0.29, 0.717) is 5.56 Å². The van der Waals surface area contributed by atoms with Gasteiger partial charge in [-0.25, -0.2) is 4.89 Å². The smallest absolute Gasteiger partial charge is 0.325 e. The Morgan fingerprint density at radius 2 is 2.05 bits per heavy atom. The van der Waals surface area contributed by atoms with Crippen molar-refractivity contribution >= 4 is 18.0 Å². The summed E-state index contributed by atoms with van der Waals surface area (Å²) in [4.78, 5) is 16.7. The second kappa shape index (κ2) is 8.13. The highest BCUT2D eigenvalue weighted by Crippen LogP contribution is 2.23. The fraction of sp³-hybridized carbons (Fsp3) is 0.417. The number of carbonyl (C=O) groups is 1. The van der Waals surface area contributed by atoms with E-state index < -0.39 is 18.1 Å². The van der Waals surface area contributed by atoms with Crippen LogP contribution < -0.4 is 5.73 Å². The standard InChI is InChI=1S/C12H17NO5S/c1-3-17-12(15)10(13)11(14)8-4-6-9(7-5-8)19-18-16-2/h4-7,10-11,14H,3,13H2,1-2H3. The van der Waals surface area contributed by atoms with Crippen LogP contribution in [0.1, 0.15) is 18.6 Å². The lowest BCUT2D eigenvalue weighted by Crippen LogP contribution is -2.38. The summed E-state index contributed by atoms with van der Waals surface area (Å²) in [6.45, 7) is 1.90. The van der Waals surface area contributed by atoms with Gasteiger partial charge in [0.2, 0.25) is 0 Å². The van der Waals surface area contributed by atoms with Crippen LogP contribution in [0, 0.1) is 0 Å². The molecule has 0 amide bonds. The second-order valence-electron chi connectivity index (χ2n) is 3.61. The molecule has 0 saturated carbocycles. The third-order valence-electron chi connectivity index (χ3n) is 2.32. The van der Waals surface area contributed by atoms with Crippen molar-refractivity contribution in [2.24, 2.45) is 5.73 Å². The number of esters is 1. The molecular weight excluding hydrogens is 270 g/mol. The first-order valence-electron chi connectivity index (χ1n) is 5.67. The first-order chi connectivity index (χ1) is 9.10. The molecule has 3 N–H and O–H groups in total. The topological polar surface area (TPSA) is 91.0 Å². The van der Waals surface area contributed by atoms with Crippen molar-refractivity contribution in [3.63, 3.8) is 0 Å². The summed E-state index contributed by atoms with van der Waals surface area (Å²) in [6.07, 6.45) is -1.11. The molecule has 1 aromatic carbocycles. The van der Waals surface area contributed by atoms with Gasteiger partial charge in [-0.15, -0.1) is 0 Å². The minimum Gasteiger partial charge on any atom is -0.465 e. The van der Waals surface area contributed by atoms with Gasteiger partial charge in [-0.3, -0.25) is 4.79 Å². The number of carbonyl (C=O) groups excluding carboxylic acids is 1. The van der Waals surface area contributed by atoms with E-state index in [4.69, 9.17) is 14.8 Å². The molecule has 0 heterocycles. The quantitative estimate of drug-likeness (QED) is 0.337. The fourth-order valence-electron chi connectivity index (χ4n) is 1.37. The molecule has 2 unspecified atom stereocenters. The van der Waals surface area contributed by atoms with Gasteiger partial charge in [-0.05, 0) is 24.6 Å². The molecule has 0 fully saturated rings. The maximum absolute atomic E-state index is 11.4. The van der Waals surface area contributed by atoms with E-state index in [9.17, 15) is 9.90 Å². The average Bonchev–Trinajstić information content (AvgIpc) is 2.44. The number of benzene rings is 1. The number of rotatable bonds is 7. The van der Waals surface area contributed by atoms with E-state index in [2.05, 4.69) is 4.89 Å². The summed E-state index contributed by atoms with van der Waals surface area (Å²) in [6, 6.07) is 5.66. The summed E-state index contributed by atoms with van der Waals surface area (Å²) in [5.74, 6) is -0.629. The van der Waals surface area contributed by atoms with Gasteiger partial charge >= 0.3 is 5.97 Å². The molecule has 0 aliphatic carbocycles. The number of ether oxygens (including phenoxy) is 1. The highest BCUT2D eigenvalue weighted by Gasteiger charge is 2.25. The predicted molar refractivity (Wildman–Crippen MR) is 70.0 cm³/mol. The highest BCUT2D eigenvalue weighted by atomic mass is 32.2. The van der Waals surface area contributed by atoms with Crippen LogP contribution in [0.3, 0.4) is 0 Å². The van der Waals surface area contributed by atoms with Crippen molar-refractivity contribution in [1.29, 1.82) is 0 Å². The van der Waals surface area contributed by atoms with Crippen LogP contribution in [0.5, 0.6) is 0 Å². The predicted octanol–water partition coefficient (Wildman–Crippen LogP) is 1.20. The van der Waals surface area contributed by atoms with Crippen molar-refractivity contribution in [2.75, 3.05) is 13.7 Å². The van der Waals surface area contributed by atoms with Crippen LogP contribution in [0.25, 0.3) is 0 Å². The number of aliphatic hydroxyl groups excluding tert-OH is 1. The highest BCUT2D eigenvalue weighted by molar-refractivity contribution is 7.94. The monoisotopic (exact) mass is 287 g/mol. The van der Waals surface area contributed by atoms with Crippen LogP contribution in [0.4, 0.5) is 0 Å². The molecule has 19 heavy (non-hydrogen) atoms. The number of hydrogen-bond donors (Lipinski definition) is 2. The fourth-order valence-corrected chi connectivity index (χ4v) is 1.76. The second-order valence-corrected chi connectivity index (χ2v) is 4.38. The molecule has 1 aromatic rings. The van der Waals surface area contributed by atoms with Crippen molar-refractivity contribution in [1.82, 2.24) is 0 Å². The van der Waals surface area contributed by atoms with Crippen LogP contribution in [0.2, 0.25) is 0 Å². The SMILES string of the molecule is CCOC(=O)C(N)C(O)c1ccc(SOOC)cc1. The van der Waals surface area contributed by atoms with Gasteiger partial charge in [0.05, 0.1) is 25.8 Å². The first-order valence-corrected chi connectivity index (χ1v) is 6.41. The van der Waals surface area contributed by atoms with E-state index in [-0.39, 0.29) is 6.61 Å². The lowest BCUT2D eigenvalue weighted by molar-refractivity contribution is -0.160. The van der Waals surface area contributed by atoms with Crippen molar-refractivity contribution in [2.45, 2.75) is 24.0 Å². The van der Waals surface area contributed by atoms with Crippen molar-refractivity contribution in [3.8, 4) is 0 Å². The summed E-state index contributed by atoms with van der Waals surface area (Å²) >= 11 is 1.04. The Bertz CT molecular complexity index is 398. The average molecular weight is 287 g/mol. The molecule has 0 aliphatic heterocycles. The van der Waals surface area contributed by atoms with Gasteiger partial charge in [-0.1, -0.05) is 12.1 Å². The van der Waals surface area contributed by atoms with Gasteiger partial charge in [0.25, 0.3) is 0 Å². The molecule has 0 aliphatic rings. The van der Waals surface area contributed by atoms with Crippen molar-refractivity contribution in [3.05, 3.63) is 29.8 Å². The van der Waals surface area contributed by atoms with Gasteiger partial charge < -0.3 is 15.6 Å². The van der Waals surface area contributed by atoms with Crippen LogP contribution in [-0.2, 0) is 18.8 Å². The van der Waals surface area contributed by atoms with Gasteiger partial charge in [0.1, 0.15) is 12.1 Å². The van der Waals surface area contributed by atoms with E-state index >= 15 is 0 Å². The molecule has 0 bridgehead atoms. The van der Waals surface area contributed by atoms with Crippen LogP contribution >= 0.6 is 12.0 Å². The minimum atomic E-state index is -1.11. The first kappa shape index (κ1) is 15.9. The van der Waals surface area contributed by atoms with E-state index in [1.54, 1.807) is 31.2 Å².